The lowest BCUT2D eigenvalue weighted by atomic mass is 10.1. The molecule has 0 bridgehead atoms. The number of amides is 1. The zero-order valence-electron chi connectivity index (χ0n) is 14.9. The summed E-state index contributed by atoms with van der Waals surface area (Å²) >= 11 is 0. The van der Waals surface area contributed by atoms with E-state index in [4.69, 9.17) is 9.15 Å². The molecule has 136 valence electrons. The first kappa shape index (κ1) is 17.1. The Hall–Kier alpha value is -3.38. The molecule has 3 aromatic heterocycles. The van der Waals surface area contributed by atoms with Gasteiger partial charge >= 0.3 is 0 Å². The molecule has 3 heterocycles. The van der Waals surface area contributed by atoms with Crippen molar-refractivity contribution in [2.45, 2.75) is 0 Å². The van der Waals surface area contributed by atoms with E-state index in [9.17, 15) is 4.79 Å². The van der Waals surface area contributed by atoms with E-state index in [2.05, 4.69) is 22.4 Å². The summed E-state index contributed by atoms with van der Waals surface area (Å²) in [5, 5.41) is 2.87. The van der Waals surface area contributed by atoms with Crippen molar-refractivity contribution in [2.75, 3.05) is 20.3 Å². The number of hydrogen-bond acceptors (Lipinski definition) is 4. The molecule has 4 rings (SSSR count). The van der Waals surface area contributed by atoms with Crippen LogP contribution in [0.5, 0.6) is 0 Å². The summed E-state index contributed by atoms with van der Waals surface area (Å²) in [7, 11) is 1.60. The fourth-order valence-electron chi connectivity index (χ4n) is 3.10. The maximum atomic E-state index is 12.7. The van der Waals surface area contributed by atoms with Crippen molar-refractivity contribution in [3.8, 4) is 22.5 Å². The Morgan fingerprint density at radius 1 is 1.19 bits per heavy atom. The molecule has 0 saturated heterocycles. The van der Waals surface area contributed by atoms with Gasteiger partial charge in [0.05, 0.1) is 17.9 Å². The Balaban J connectivity index is 1.83. The van der Waals surface area contributed by atoms with Crippen molar-refractivity contribution in [1.29, 1.82) is 0 Å². The van der Waals surface area contributed by atoms with Crippen LogP contribution in [0.25, 0.3) is 28.0 Å². The molecule has 0 atom stereocenters. The van der Waals surface area contributed by atoms with Gasteiger partial charge in [-0.15, -0.1) is 0 Å². The first-order valence-corrected chi connectivity index (χ1v) is 8.64. The highest BCUT2D eigenvalue weighted by atomic mass is 16.5. The van der Waals surface area contributed by atoms with Gasteiger partial charge in [-0.25, -0.2) is 4.98 Å². The molecule has 0 aliphatic rings. The van der Waals surface area contributed by atoms with Crippen molar-refractivity contribution in [3.63, 3.8) is 0 Å². The lowest BCUT2D eigenvalue weighted by Crippen LogP contribution is -2.27. The number of hydrogen-bond donors (Lipinski definition) is 1. The zero-order valence-corrected chi connectivity index (χ0v) is 14.9. The van der Waals surface area contributed by atoms with E-state index < -0.39 is 0 Å². The van der Waals surface area contributed by atoms with Crippen LogP contribution < -0.4 is 5.32 Å². The maximum Gasteiger partial charge on any atom is 0.253 e. The van der Waals surface area contributed by atoms with Gasteiger partial charge in [-0.1, -0.05) is 36.4 Å². The molecule has 0 spiro atoms. The standard InChI is InChI=1S/C21H19N3O3/c1-26-10-9-22-21(25)18-11-17-8-7-16(15-5-3-2-4-6-15)12-24(17)20(18)19-13-27-14-23-19/h2-8,11-14H,9-10H2,1H3,(H,22,25). The van der Waals surface area contributed by atoms with Crippen molar-refractivity contribution >= 4 is 11.4 Å². The van der Waals surface area contributed by atoms with Gasteiger partial charge in [0.25, 0.3) is 5.91 Å². The highest BCUT2D eigenvalue weighted by molar-refractivity contribution is 6.02. The number of aromatic nitrogens is 2. The molecule has 6 heteroatoms. The van der Waals surface area contributed by atoms with Gasteiger partial charge < -0.3 is 18.9 Å². The lowest BCUT2D eigenvalue weighted by molar-refractivity contribution is 0.0938. The third-order valence-corrected chi connectivity index (χ3v) is 4.39. The second kappa shape index (κ2) is 7.47. The van der Waals surface area contributed by atoms with Gasteiger partial charge in [-0.2, -0.15) is 0 Å². The van der Waals surface area contributed by atoms with Crippen LogP contribution in [0.3, 0.4) is 0 Å². The third kappa shape index (κ3) is 3.35. The Morgan fingerprint density at radius 2 is 2.04 bits per heavy atom. The summed E-state index contributed by atoms with van der Waals surface area (Å²) in [4.78, 5) is 17.0. The van der Waals surface area contributed by atoms with Crippen LogP contribution in [0.1, 0.15) is 10.4 Å². The molecule has 0 unspecified atom stereocenters. The largest absolute Gasteiger partial charge is 0.451 e. The van der Waals surface area contributed by atoms with E-state index in [1.807, 2.05) is 47.0 Å². The van der Waals surface area contributed by atoms with E-state index in [-0.39, 0.29) is 5.91 Å². The quantitative estimate of drug-likeness (QED) is 0.533. The van der Waals surface area contributed by atoms with Crippen LogP contribution in [0, 0.1) is 0 Å². The van der Waals surface area contributed by atoms with E-state index in [1.54, 1.807) is 13.4 Å². The second-order valence-corrected chi connectivity index (χ2v) is 6.11. The highest BCUT2D eigenvalue weighted by Gasteiger charge is 2.20. The van der Waals surface area contributed by atoms with Crippen molar-refractivity contribution in [3.05, 3.63) is 72.9 Å². The van der Waals surface area contributed by atoms with E-state index in [1.165, 1.54) is 6.39 Å². The summed E-state index contributed by atoms with van der Waals surface area (Å²) in [5.74, 6) is -0.171. The first-order chi connectivity index (χ1) is 13.3. The minimum Gasteiger partial charge on any atom is -0.451 e. The average molecular weight is 361 g/mol. The van der Waals surface area contributed by atoms with Crippen molar-refractivity contribution < 1.29 is 13.9 Å². The second-order valence-electron chi connectivity index (χ2n) is 6.11. The first-order valence-electron chi connectivity index (χ1n) is 8.64. The van der Waals surface area contributed by atoms with Crippen molar-refractivity contribution in [2.24, 2.45) is 0 Å². The molecular formula is C21H19N3O3. The van der Waals surface area contributed by atoms with Gasteiger partial charge in [0.1, 0.15) is 12.0 Å². The monoisotopic (exact) mass is 361 g/mol. The number of benzene rings is 1. The predicted molar refractivity (Wildman–Crippen MR) is 103 cm³/mol. The molecule has 27 heavy (non-hydrogen) atoms. The molecule has 4 aromatic rings. The molecule has 0 radical (unpaired) electrons. The van der Waals surface area contributed by atoms with E-state index in [0.717, 1.165) is 16.6 Å². The third-order valence-electron chi connectivity index (χ3n) is 4.39. The van der Waals surface area contributed by atoms with Gasteiger partial charge in [-0.05, 0) is 23.3 Å². The van der Waals surface area contributed by atoms with Crippen LogP contribution in [-0.4, -0.2) is 35.6 Å². The molecule has 0 saturated carbocycles. The number of rotatable bonds is 6. The molecule has 1 N–H and O–H groups in total. The van der Waals surface area contributed by atoms with Crippen LogP contribution in [0.2, 0.25) is 0 Å². The summed E-state index contributed by atoms with van der Waals surface area (Å²) in [6.07, 6.45) is 4.92. The highest BCUT2D eigenvalue weighted by Crippen LogP contribution is 2.29. The minimum atomic E-state index is -0.171. The number of pyridine rings is 1. The molecule has 6 nitrogen and oxygen atoms in total. The summed E-state index contributed by atoms with van der Waals surface area (Å²) in [6, 6.07) is 16.0. The molecule has 1 amide bonds. The fourth-order valence-corrected chi connectivity index (χ4v) is 3.10. The van der Waals surface area contributed by atoms with Crippen LogP contribution >= 0.6 is 0 Å². The SMILES string of the molecule is COCCNC(=O)c1cc2ccc(-c3ccccc3)cn2c1-c1cocn1. The molecule has 0 aliphatic carbocycles. The predicted octanol–water partition coefficient (Wildman–Crippen LogP) is 3.64. The summed E-state index contributed by atoms with van der Waals surface area (Å²) < 4.78 is 12.1. The van der Waals surface area contributed by atoms with Crippen molar-refractivity contribution in [1.82, 2.24) is 14.7 Å². The lowest BCUT2D eigenvalue weighted by Gasteiger charge is -2.07. The van der Waals surface area contributed by atoms with Gasteiger partial charge in [0.15, 0.2) is 6.39 Å². The molecule has 0 fully saturated rings. The number of carbonyl (C=O) groups is 1. The van der Waals surface area contributed by atoms with Crippen LogP contribution in [-0.2, 0) is 4.74 Å². The van der Waals surface area contributed by atoms with Gasteiger partial charge in [0, 0.05) is 25.4 Å². The van der Waals surface area contributed by atoms with Gasteiger partial charge in [0.2, 0.25) is 0 Å². The number of oxazole rings is 1. The maximum absolute atomic E-state index is 12.7. The molecule has 1 aromatic carbocycles. The van der Waals surface area contributed by atoms with E-state index in [0.29, 0.717) is 30.1 Å². The number of carbonyl (C=O) groups excluding carboxylic acids is 1. The number of nitrogens with zero attached hydrogens (tertiary/aromatic N) is 2. The Kier molecular flexibility index (Phi) is 4.72. The van der Waals surface area contributed by atoms with E-state index >= 15 is 0 Å². The number of ether oxygens (including phenoxy) is 1. The fraction of sp³-hybridized carbons (Fsp3) is 0.143. The average Bonchev–Trinajstić information content (AvgIpc) is 3.35. The Bertz CT molecular complexity index is 1050. The number of methoxy groups -OCH3 is 1. The summed E-state index contributed by atoms with van der Waals surface area (Å²) in [6.45, 7) is 0.894. The Morgan fingerprint density at radius 3 is 2.78 bits per heavy atom. The number of fused-ring (bicyclic) bond motifs is 1. The number of nitrogens with one attached hydrogen (secondary N) is 1. The normalized spacial score (nSPS) is 11.0. The minimum absolute atomic E-state index is 0.171. The molecule has 0 aliphatic heterocycles. The molecular weight excluding hydrogens is 342 g/mol. The zero-order chi connectivity index (χ0) is 18.6. The Labute approximate surface area is 156 Å². The van der Waals surface area contributed by atoms with Crippen LogP contribution in [0.15, 0.2) is 71.8 Å². The van der Waals surface area contributed by atoms with Gasteiger partial charge in [-0.3, -0.25) is 4.79 Å². The van der Waals surface area contributed by atoms with Crippen LogP contribution in [0.4, 0.5) is 0 Å². The summed E-state index contributed by atoms with van der Waals surface area (Å²) in [5.41, 5.74) is 4.92. The topological polar surface area (TPSA) is 68.8 Å². The smallest absolute Gasteiger partial charge is 0.253 e.